The Balaban J connectivity index is 2.25. The van der Waals surface area contributed by atoms with Crippen molar-refractivity contribution in [3.63, 3.8) is 0 Å². The van der Waals surface area contributed by atoms with Gasteiger partial charge in [-0.2, -0.15) is 13.2 Å². The van der Waals surface area contributed by atoms with Crippen LogP contribution in [-0.4, -0.2) is 24.8 Å². The van der Waals surface area contributed by atoms with Gasteiger partial charge < -0.3 is 10.0 Å². The molecule has 1 saturated heterocycles. The zero-order chi connectivity index (χ0) is 14.0. The van der Waals surface area contributed by atoms with Crippen molar-refractivity contribution in [2.45, 2.75) is 19.0 Å². The van der Waals surface area contributed by atoms with Crippen molar-refractivity contribution in [3.05, 3.63) is 28.2 Å². The Hall–Kier alpha value is -0.750. The molecule has 0 atom stereocenters. The van der Waals surface area contributed by atoms with Crippen molar-refractivity contribution in [1.82, 2.24) is 0 Å². The van der Waals surface area contributed by atoms with Gasteiger partial charge >= 0.3 is 6.18 Å². The largest absolute Gasteiger partial charge is 0.418 e. The van der Waals surface area contributed by atoms with Crippen molar-refractivity contribution in [1.29, 1.82) is 0 Å². The lowest BCUT2D eigenvalue weighted by atomic mass is 9.97. The van der Waals surface area contributed by atoms with E-state index in [1.54, 1.807) is 11.0 Å². The number of alkyl halides is 3. The van der Waals surface area contributed by atoms with Crippen molar-refractivity contribution in [3.8, 4) is 0 Å². The van der Waals surface area contributed by atoms with Crippen LogP contribution in [-0.2, 0) is 6.18 Å². The van der Waals surface area contributed by atoms with Crippen LogP contribution in [0.25, 0.3) is 0 Å². The maximum Gasteiger partial charge on any atom is 0.418 e. The highest BCUT2D eigenvalue weighted by Gasteiger charge is 2.35. The molecule has 0 bridgehead atoms. The molecule has 2 nitrogen and oxygen atoms in total. The average molecular weight is 338 g/mol. The van der Waals surface area contributed by atoms with E-state index in [2.05, 4.69) is 15.9 Å². The number of aliphatic hydroxyl groups is 1. The molecule has 1 aromatic rings. The highest BCUT2D eigenvalue weighted by Crippen LogP contribution is 2.39. The van der Waals surface area contributed by atoms with E-state index in [0.29, 0.717) is 17.6 Å². The summed E-state index contributed by atoms with van der Waals surface area (Å²) in [6.45, 7) is 1.21. The van der Waals surface area contributed by atoms with E-state index < -0.39 is 11.7 Å². The molecule has 1 N–H and O–H groups in total. The summed E-state index contributed by atoms with van der Waals surface area (Å²) in [5.74, 6) is 0.209. The van der Waals surface area contributed by atoms with Gasteiger partial charge in [-0.1, -0.05) is 15.9 Å². The molecule has 0 saturated carbocycles. The third kappa shape index (κ3) is 3.42. The van der Waals surface area contributed by atoms with Crippen molar-refractivity contribution in [2.75, 3.05) is 24.6 Å². The summed E-state index contributed by atoms with van der Waals surface area (Å²) in [6, 6.07) is 4.25. The van der Waals surface area contributed by atoms with E-state index in [-0.39, 0.29) is 18.2 Å². The minimum atomic E-state index is -4.35. The molecule has 0 aliphatic carbocycles. The highest BCUT2D eigenvalue weighted by atomic mass is 79.9. The Morgan fingerprint density at radius 1 is 1.26 bits per heavy atom. The first-order chi connectivity index (χ1) is 8.91. The molecule has 0 spiro atoms. The molecular formula is C13H15BrF3NO. The van der Waals surface area contributed by atoms with Crippen molar-refractivity contribution >= 4 is 21.6 Å². The molecule has 2 rings (SSSR count). The molecule has 6 heteroatoms. The molecule has 0 amide bonds. The topological polar surface area (TPSA) is 23.5 Å². The molecule has 19 heavy (non-hydrogen) atoms. The average Bonchev–Trinajstić information content (AvgIpc) is 2.38. The minimum Gasteiger partial charge on any atom is -0.396 e. The molecule has 1 aliphatic rings. The number of nitrogens with zero attached hydrogens (tertiary/aromatic N) is 1. The zero-order valence-electron chi connectivity index (χ0n) is 10.3. The first kappa shape index (κ1) is 14.7. The quantitative estimate of drug-likeness (QED) is 0.889. The van der Waals surface area contributed by atoms with Gasteiger partial charge in [-0.15, -0.1) is 0 Å². The van der Waals surface area contributed by atoms with E-state index in [4.69, 9.17) is 5.11 Å². The predicted molar refractivity (Wildman–Crippen MR) is 71.2 cm³/mol. The Bertz CT molecular complexity index is 442. The molecule has 106 valence electrons. The van der Waals surface area contributed by atoms with Crippen LogP contribution in [0.4, 0.5) is 18.9 Å². The van der Waals surface area contributed by atoms with E-state index in [9.17, 15) is 13.2 Å². The van der Waals surface area contributed by atoms with Gasteiger partial charge in [-0.05, 0) is 37.0 Å². The number of rotatable bonds is 2. The highest BCUT2D eigenvalue weighted by molar-refractivity contribution is 9.10. The van der Waals surface area contributed by atoms with Gasteiger partial charge in [0.05, 0.1) is 5.56 Å². The number of halogens is 4. The first-order valence-electron chi connectivity index (χ1n) is 6.14. The fraction of sp³-hybridized carbons (Fsp3) is 0.538. The third-order valence-electron chi connectivity index (χ3n) is 3.48. The lowest BCUT2D eigenvalue weighted by Gasteiger charge is -2.34. The fourth-order valence-electron chi connectivity index (χ4n) is 2.37. The summed E-state index contributed by atoms with van der Waals surface area (Å²) in [6.07, 6.45) is -2.90. The maximum atomic E-state index is 13.0. The zero-order valence-corrected chi connectivity index (χ0v) is 11.8. The minimum absolute atomic E-state index is 0.111. The summed E-state index contributed by atoms with van der Waals surface area (Å²) in [5.41, 5.74) is -0.378. The molecule has 1 aliphatic heterocycles. The van der Waals surface area contributed by atoms with E-state index in [1.165, 1.54) is 6.07 Å². The molecule has 0 radical (unpaired) electrons. The van der Waals surface area contributed by atoms with Gasteiger partial charge in [0.1, 0.15) is 0 Å². The van der Waals surface area contributed by atoms with Gasteiger partial charge in [0.25, 0.3) is 0 Å². The normalized spacial score (nSPS) is 17.8. The lowest BCUT2D eigenvalue weighted by molar-refractivity contribution is -0.137. The van der Waals surface area contributed by atoms with Crippen LogP contribution in [0, 0.1) is 5.92 Å². The first-order valence-corrected chi connectivity index (χ1v) is 6.93. The molecule has 1 fully saturated rings. The Kier molecular flexibility index (Phi) is 4.40. The summed E-state index contributed by atoms with van der Waals surface area (Å²) in [7, 11) is 0. The molecular weight excluding hydrogens is 323 g/mol. The maximum absolute atomic E-state index is 13.0. The predicted octanol–water partition coefficient (Wildman–Crippen LogP) is 3.68. The Morgan fingerprint density at radius 3 is 2.42 bits per heavy atom. The number of hydrogen-bond acceptors (Lipinski definition) is 2. The van der Waals surface area contributed by atoms with Crippen molar-refractivity contribution < 1.29 is 18.3 Å². The van der Waals surface area contributed by atoms with Gasteiger partial charge in [0, 0.05) is 29.9 Å². The SMILES string of the molecule is OCC1CCN(c2ccc(Br)cc2C(F)(F)F)CC1. The van der Waals surface area contributed by atoms with E-state index >= 15 is 0 Å². The van der Waals surface area contributed by atoms with Crippen LogP contribution in [0.15, 0.2) is 22.7 Å². The van der Waals surface area contributed by atoms with Gasteiger partial charge in [-0.3, -0.25) is 0 Å². The van der Waals surface area contributed by atoms with E-state index in [0.717, 1.165) is 18.9 Å². The van der Waals surface area contributed by atoms with Crippen LogP contribution in [0.1, 0.15) is 18.4 Å². The molecule has 1 aromatic carbocycles. The second-order valence-electron chi connectivity index (χ2n) is 4.77. The summed E-state index contributed by atoms with van der Waals surface area (Å²) in [4.78, 5) is 1.75. The second-order valence-corrected chi connectivity index (χ2v) is 5.69. The number of hydrogen-bond donors (Lipinski definition) is 1. The second kappa shape index (κ2) is 5.71. The Labute approximate surface area is 118 Å². The number of benzene rings is 1. The summed E-state index contributed by atoms with van der Waals surface area (Å²) < 4.78 is 39.5. The third-order valence-corrected chi connectivity index (χ3v) is 3.97. The number of aliphatic hydroxyl groups excluding tert-OH is 1. The Morgan fingerprint density at radius 2 is 1.89 bits per heavy atom. The molecule has 0 unspecified atom stereocenters. The van der Waals surface area contributed by atoms with Crippen LogP contribution in [0.2, 0.25) is 0 Å². The van der Waals surface area contributed by atoms with E-state index in [1.807, 2.05) is 0 Å². The monoisotopic (exact) mass is 337 g/mol. The van der Waals surface area contributed by atoms with Crippen LogP contribution in [0.5, 0.6) is 0 Å². The summed E-state index contributed by atoms with van der Waals surface area (Å²) in [5, 5.41) is 9.06. The lowest BCUT2D eigenvalue weighted by Crippen LogP contribution is -2.35. The number of anilines is 1. The van der Waals surface area contributed by atoms with Gasteiger partial charge in [0.2, 0.25) is 0 Å². The standard InChI is InChI=1S/C13H15BrF3NO/c14-10-1-2-12(11(7-10)13(15,16)17)18-5-3-9(8-19)4-6-18/h1-2,7,9,19H,3-6,8H2. The molecule has 0 aromatic heterocycles. The fourth-order valence-corrected chi connectivity index (χ4v) is 2.73. The van der Waals surface area contributed by atoms with Crippen LogP contribution >= 0.6 is 15.9 Å². The van der Waals surface area contributed by atoms with Crippen molar-refractivity contribution in [2.24, 2.45) is 5.92 Å². The van der Waals surface area contributed by atoms with Gasteiger partial charge in [0.15, 0.2) is 0 Å². The number of piperidine rings is 1. The smallest absolute Gasteiger partial charge is 0.396 e. The van der Waals surface area contributed by atoms with Crippen LogP contribution < -0.4 is 4.90 Å². The van der Waals surface area contributed by atoms with Crippen LogP contribution in [0.3, 0.4) is 0 Å². The summed E-state index contributed by atoms with van der Waals surface area (Å²) >= 11 is 3.08. The molecule has 1 heterocycles. The van der Waals surface area contributed by atoms with Gasteiger partial charge in [-0.25, -0.2) is 0 Å².